The first kappa shape index (κ1) is 14.5. The lowest BCUT2D eigenvalue weighted by Crippen LogP contribution is -2.16. The Morgan fingerprint density at radius 3 is 2.73 bits per heavy atom. The molecule has 0 spiro atoms. The van der Waals surface area contributed by atoms with Gasteiger partial charge in [-0.2, -0.15) is 0 Å². The van der Waals surface area contributed by atoms with Crippen LogP contribution in [0.25, 0.3) is 0 Å². The van der Waals surface area contributed by atoms with Crippen LogP contribution in [0.3, 0.4) is 0 Å². The van der Waals surface area contributed by atoms with E-state index < -0.39 is 11.9 Å². The molecule has 114 valence electrons. The lowest BCUT2D eigenvalue weighted by Gasteiger charge is -2.19. The molecule has 0 bridgehead atoms. The number of amides is 1. The standard InChI is InChI=1S/C17H17FN2O2/c1-9-12-7-10(18)8-13(16(12)20-17(9)21)15(19)11-5-3-4-6-14(11)22-2/h3-9,15H,19H2,1-2H3,(H,20,21). The zero-order valence-corrected chi connectivity index (χ0v) is 12.4. The predicted molar refractivity (Wildman–Crippen MR) is 82.5 cm³/mol. The third-order valence-electron chi connectivity index (χ3n) is 4.08. The molecule has 0 aromatic heterocycles. The number of carbonyl (C=O) groups is 1. The van der Waals surface area contributed by atoms with Crippen molar-refractivity contribution in [2.75, 3.05) is 12.4 Å². The average molecular weight is 300 g/mol. The van der Waals surface area contributed by atoms with Gasteiger partial charge < -0.3 is 15.8 Å². The molecule has 0 fully saturated rings. The van der Waals surface area contributed by atoms with Gasteiger partial charge in [-0.25, -0.2) is 4.39 Å². The van der Waals surface area contributed by atoms with Crippen molar-refractivity contribution >= 4 is 11.6 Å². The average Bonchev–Trinajstić information content (AvgIpc) is 2.81. The summed E-state index contributed by atoms with van der Waals surface area (Å²) in [6.45, 7) is 1.75. The van der Waals surface area contributed by atoms with Crippen molar-refractivity contribution in [3.63, 3.8) is 0 Å². The van der Waals surface area contributed by atoms with E-state index in [4.69, 9.17) is 10.5 Å². The minimum atomic E-state index is -0.591. The summed E-state index contributed by atoms with van der Waals surface area (Å²) in [5.41, 5.74) is 8.88. The Bertz CT molecular complexity index is 745. The van der Waals surface area contributed by atoms with Gasteiger partial charge in [0.05, 0.1) is 24.8 Å². The van der Waals surface area contributed by atoms with Gasteiger partial charge in [0, 0.05) is 11.1 Å². The van der Waals surface area contributed by atoms with E-state index >= 15 is 0 Å². The SMILES string of the molecule is COc1ccccc1C(N)c1cc(F)cc2c1NC(=O)C2C. The van der Waals surface area contributed by atoms with Crippen LogP contribution in [-0.4, -0.2) is 13.0 Å². The first-order chi connectivity index (χ1) is 10.5. The van der Waals surface area contributed by atoms with E-state index in [1.54, 1.807) is 20.1 Å². The number of halogens is 1. The highest BCUT2D eigenvalue weighted by Crippen LogP contribution is 2.40. The molecule has 3 rings (SSSR count). The summed E-state index contributed by atoms with van der Waals surface area (Å²) in [7, 11) is 1.56. The maximum absolute atomic E-state index is 14.0. The second kappa shape index (κ2) is 5.42. The van der Waals surface area contributed by atoms with Crippen LogP contribution in [0.15, 0.2) is 36.4 Å². The van der Waals surface area contributed by atoms with Gasteiger partial charge in [-0.1, -0.05) is 18.2 Å². The number of hydrogen-bond acceptors (Lipinski definition) is 3. The van der Waals surface area contributed by atoms with Crippen molar-refractivity contribution in [1.29, 1.82) is 0 Å². The smallest absolute Gasteiger partial charge is 0.231 e. The van der Waals surface area contributed by atoms with E-state index in [0.717, 1.165) is 5.56 Å². The number of ether oxygens (including phenoxy) is 1. The molecule has 1 aliphatic heterocycles. The minimum absolute atomic E-state index is 0.144. The lowest BCUT2D eigenvalue weighted by atomic mass is 9.93. The van der Waals surface area contributed by atoms with Crippen LogP contribution < -0.4 is 15.8 Å². The third kappa shape index (κ3) is 2.23. The third-order valence-corrected chi connectivity index (χ3v) is 4.08. The molecule has 2 aromatic carbocycles. The molecule has 2 aromatic rings. The molecule has 2 atom stereocenters. The molecular weight excluding hydrogens is 283 g/mol. The van der Waals surface area contributed by atoms with Crippen LogP contribution >= 0.6 is 0 Å². The van der Waals surface area contributed by atoms with Crippen LogP contribution in [0.2, 0.25) is 0 Å². The Morgan fingerprint density at radius 1 is 1.27 bits per heavy atom. The van der Waals surface area contributed by atoms with Crippen LogP contribution in [0.1, 0.15) is 35.6 Å². The number of para-hydroxylation sites is 1. The van der Waals surface area contributed by atoms with Gasteiger partial charge in [-0.15, -0.1) is 0 Å². The maximum atomic E-state index is 14.0. The van der Waals surface area contributed by atoms with Crippen molar-refractivity contribution in [3.8, 4) is 5.75 Å². The van der Waals surface area contributed by atoms with Gasteiger partial charge in [0.15, 0.2) is 0 Å². The molecule has 3 N–H and O–H groups in total. The Kier molecular flexibility index (Phi) is 3.58. The Balaban J connectivity index is 2.13. The first-order valence-corrected chi connectivity index (χ1v) is 7.05. The topological polar surface area (TPSA) is 64.3 Å². The monoisotopic (exact) mass is 300 g/mol. The molecule has 1 heterocycles. The highest BCUT2D eigenvalue weighted by molar-refractivity contribution is 6.03. The highest BCUT2D eigenvalue weighted by Gasteiger charge is 2.31. The summed E-state index contributed by atoms with van der Waals surface area (Å²) >= 11 is 0. The molecule has 0 aliphatic carbocycles. The number of hydrogen-bond donors (Lipinski definition) is 2. The summed E-state index contributed by atoms with van der Waals surface area (Å²) in [6.07, 6.45) is 0. The van der Waals surface area contributed by atoms with Gasteiger partial charge in [0.2, 0.25) is 5.91 Å². The Hall–Kier alpha value is -2.40. The van der Waals surface area contributed by atoms with Gasteiger partial charge in [0.25, 0.3) is 0 Å². The van der Waals surface area contributed by atoms with Crippen LogP contribution in [0.4, 0.5) is 10.1 Å². The molecule has 2 unspecified atom stereocenters. The molecular formula is C17H17FN2O2. The van der Waals surface area contributed by atoms with Crippen molar-refractivity contribution in [2.24, 2.45) is 5.73 Å². The molecule has 1 aliphatic rings. The number of methoxy groups -OCH3 is 1. The van der Waals surface area contributed by atoms with Crippen molar-refractivity contribution in [1.82, 2.24) is 0 Å². The molecule has 1 amide bonds. The van der Waals surface area contributed by atoms with Crippen LogP contribution in [-0.2, 0) is 4.79 Å². The van der Waals surface area contributed by atoms with E-state index in [1.165, 1.54) is 12.1 Å². The highest BCUT2D eigenvalue weighted by atomic mass is 19.1. The number of anilines is 1. The fourth-order valence-electron chi connectivity index (χ4n) is 2.84. The van der Waals surface area contributed by atoms with Crippen LogP contribution in [0, 0.1) is 5.82 Å². The van der Waals surface area contributed by atoms with Crippen molar-refractivity contribution in [3.05, 3.63) is 58.9 Å². The summed E-state index contributed by atoms with van der Waals surface area (Å²) in [5.74, 6) is -0.295. The minimum Gasteiger partial charge on any atom is -0.496 e. The zero-order chi connectivity index (χ0) is 15.9. The molecule has 0 saturated heterocycles. The van der Waals surface area contributed by atoms with Crippen LogP contribution in [0.5, 0.6) is 5.75 Å². The maximum Gasteiger partial charge on any atom is 0.231 e. The van der Waals surface area contributed by atoms with E-state index in [0.29, 0.717) is 22.6 Å². The second-order valence-electron chi connectivity index (χ2n) is 5.39. The first-order valence-electron chi connectivity index (χ1n) is 7.05. The van der Waals surface area contributed by atoms with E-state index in [2.05, 4.69) is 5.32 Å². The van der Waals surface area contributed by atoms with E-state index in [-0.39, 0.29) is 11.8 Å². The second-order valence-corrected chi connectivity index (χ2v) is 5.39. The largest absolute Gasteiger partial charge is 0.496 e. The molecule has 22 heavy (non-hydrogen) atoms. The van der Waals surface area contributed by atoms with E-state index in [1.807, 2.05) is 18.2 Å². The van der Waals surface area contributed by atoms with Gasteiger partial charge >= 0.3 is 0 Å². The van der Waals surface area contributed by atoms with Crippen molar-refractivity contribution < 1.29 is 13.9 Å². The molecule has 0 saturated carbocycles. The Morgan fingerprint density at radius 2 is 2.00 bits per heavy atom. The number of carbonyl (C=O) groups excluding carboxylic acids is 1. The zero-order valence-electron chi connectivity index (χ0n) is 12.4. The summed E-state index contributed by atoms with van der Waals surface area (Å²) < 4.78 is 19.3. The fraction of sp³-hybridized carbons (Fsp3) is 0.235. The number of nitrogens with one attached hydrogen (secondary N) is 1. The number of benzene rings is 2. The number of nitrogens with two attached hydrogens (primary N) is 1. The normalized spacial score (nSPS) is 17.8. The van der Waals surface area contributed by atoms with E-state index in [9.17, 15) is 9.18 Å². The quantitative estimate of drug-likeness (QED) is 0.916. The molecule has 5 heteroatoms. The molecule has 0 radical (unpaired) electrons. The summed E-state index contributed by atoms with van der Waals surface area (Å²) in [6, 6.07) is 9.49. The Labute approximate surface area is 128 Å². The summed E-state index contributed by atoms with van der Waals surface area (Å²) in [4.78, 5) is 11.9. The van der Waals surface area contributed by atoms with Gasteiger partial charge in [-0.05, 0) is 30.7 Å². The lowest BCUT2D eigenvalue weighted by molar-refractivity contribution is -0.116. The fourth-order valence-corrected chi connectivity index (χ4v) is 2.84. The summed E-state index contributed by atoms with van der Waals surface area (Å²) in [5, 5.41) is 2.80. The van der Waals surface area contributed by atoms with Gasteiger partial charge in [0.1, 0.15) is 11.6 Å². The molecule has 4 nitrogen and oxygen atoms in total. The number of rotatable bonds is 3. The van der Waals surface area contributed by atoms with Crippen molar-refractivity contribution in [2.45, 2.75) is 18.9 Å². The predicted octanol–water partition coefficient (Wildman–Crippen LogP) is 2.94. The van der Waals surface area contributed by atoms with Gasteiger partial charge in [-0.3, -0.25) is 4.79 Å². The number of fused-ring (bicyclic) bond motifs is 1.